The maximum atomic E-state index is 11.5. The highest BCUT2D eigenvalue weighted by Gasteiger charge is 2.08. The van der Waals surface area contributed by atoms with E-state index in [0.717, 1.165) is 11.3 Å². The van der Waals surface area contributed by atoms with Crippen molar-refractivity contribution < 1.29 is 14.3 Å². The number of nitrogens with zero attached hydrogens (tertiary/aromatic N) is 2. The predicted molar refractivity (Wildman–Crippen MR) is 111 cm³/mol. The van der Waals surface area contributed by atoms with E-state index in [4.69, 9.17) is 9.47 Å². The van der Waals surface area contributed by atoms with Crippen molar-refractivity contribution in [3.63, 3.8) is 0 Å². The highest BCUT2D eigenvalue weighted by molar-refractivity contribution is 7.13. The number of aromatic nitrogens is 1. The van der Waals surface area contributed by atoms with Crippen molar-refractivity contribution in [2.45, 2.75) is 20.3 Å². The molecule has 3 rings (SSSR count). The zero-order chi connectivity index (χ0) is 19.8. The SMILES string of the molecule is CCOC(=O)Cc1csc(NN=Cc2ccccc2Oc2ccc(C)cc2)n1. The van der Waals surface area contributed by atoms with Crippen molar-refractivity contribution >= 4 is 28.7 Å². The Morgan fingerprint density at radius 1 is 1.21 bits per heavy atom. The molecule has 0 spiro atoms. The number of aryl methyl sites for hydroxylation is 1. The average molecular weight is 395 g/mol. The molecule has 1 N–H and O–H groups in total. The minimum absolute atomic E-state index is 0.156. The molecular formula is C21H21N3O3S. The van der Waals surface area contributed by atoms with Crippen molar-refractivity contribution in [1.29, 1.82) is 0 Å². The Bertz CT molecular complexity index is 952. The lowest BCUT2D eigenvalue weighted by Crippen LogP contribution is -2.07. The van der Waals surface area contributed by atoms with Gasteiger partial charge in [-0.3, -0.25) is 10.2 Å². The van der Waals surface area contributed by atoms with Gasteiger partial charge in [0.25, 0.3) is 0 Å². The van der Waals surface area contributed by atoms with Crippen LogP contribution in [0, 0.1) is 6.92 Å². The topological polar surface area (TPSA) is 72.8 Å². The van der Waals surface area contributed by atoms with Crippen LogP contribution in [0.25, 0.3) is 0 Å². The Balaban J connectivity index is 1.62. The highest BCUT2D eigenvalue weighted by Crippen LogP contribution is 2.24. The van der Waals surface area contributed by atoms with Crippen LogP contribution in [0.2, 0.25) is 0 Å². The number of esters is 1. The Morgan fingerprint density at radius 3 is 2.79 bits per heavy atom. The van der Waals surface area contributed by atoms with Gasteiger partial charge < -0.3 is 9.47 Å². The van der Waals surface area contributed by atoms with Gasteiger partial charge in [0.15, 0.2) is 0 Å². The molecule has 0 radical (unpaired) electrons. The smallest absolute Gasteiger partial charge is 0.311 e. The molecule has 3 aromatic rings. The Hall–Kier alpha value is -3.19. The summed E-state index contributed by atoms with van der Waals surface area (Å²) in [6.45, 7) is 4.18. The van der Waals surface area contributed by atoms with Crippen LogP contribution in [0.3, 0.4) is 0 Å². The Morgan fingerprint density at radius 2 is 2.00 bits per heavy atom. The maximum absolute atomic E-state index is 11.5. The van der Waals surface area contributed by atoms with Gasteiger partial charge in [-0.25, -0.2) is 4.98 Å². The van der Waals surface area contributed by atoms with Gasteiger partial charge in [0, 0.05) is 10.9 Å². The predicted octanol–water partition coefficient (Wildman–Crippen LogP) is 4.80. The molecule has 0 fully saturated rings. The summed E-state index contributed by atoms with van der Waals surface area (Å²) in [7, 11) is 0. The summed E-state index contributed by atoms with van der Waals surface area (Å²) in [5.74, 6) is 1.19. The zero-order valence-corrected chi connectivity index (χ0v) is 16.5. The number of hydrogen-bond acceptors (Lipinski definition) is 7. The second-order valence-corrected chi connectivity index (χ2v) is 6.81. The molecule has 0 aliphatic rings. The summed E-state index contributed by atoms with van der Waals surface area (Å²) in [6.07, 6.45) is 1.83. The minimum atomic E-state index is -0.287. The van der Waals surface area contributed by atoms with E-state index in [1.165, 1.54) is 16.9 Å². The summed E-state index contributed by atoms with van der Waals surface area (Å²) in [6, 6.07) is 15.5. The summed E-state index contributed by atoms with van der Waals surface area (Å²) < 4.78 is 10.9. The number of ether oxygens (including phenoxy) is 2. The summed E-state index contributed by atoms with van der Waals surface area (Å²) in [4.78, 5) is 15.8. The van der Waals surface area contributed by atoms with Crippen molar-refractivity contribution in [2.75, 3.05) is 12.0 Å². The fraction of sp³-hybridized carbons (Fsp3) is 0.190. The van der Waals surface area contributed by atoms with Gasteiger partial charge in [-0.1, -0.05) is 29.8 Å². The third kappa shape index (κ3) is 5.65. The van der Waals surface area contributed by atoms with Crippen LogP contribution in [-0.2, 0) is 16.0 Å². The monoisotopic (exact) mass is 395 g/mol. The maximum Gasteiger partial charge on any atom is 0.311 e. The second kappa shape index (κ2) is 9.66. The van der Waals surface area contributed by atoms with Gasteiger partial charge in [-0.05, 0) is 38.1 Å². The lowest BCUT2D eigenvalue weighted by molar-refractivity contribution is -0.142. The summed E-state index contributed by atoms with van der Waals surface area (Å²) in [5.41, 5.74) is 5.55. The standard InChI is InChI=1S/C21H21N3O3S/c1-3-26-20(25)12-17-14-28-21(23-17)24-22-13-16-6-4-5-7-19(16)27-18-10-8-15(2)9-11-18/h4-11,13-14H,3,12H2,1-2H3,(H,23,24). The molecule has 7 heteroatoms. The van der Waals surface area contributed by atoms with Crippen molar-refractivity contribution in [2.24, 2.45) is 5.10 Å². The number of hydrazone groups is 1. The van der Waals surface area contributed by atoms with Crippen LogP contribution in [-0.4, -0.2) is 23.8 Å². The van der Waals surface area contributed by atoms with E-state index in [0.29, 0.717) is 23.2 Å². The molecule has 0 atom stereocenters. The molecule has 0 saturated carbocycles. The average Bonchev–Trinajstić information content (AvgIpc) is 3.12. The molecule has 0 saturated heterocycles. The summed E-state index contributed by atoms with van der Waals surface area (Å²) in [5, 5.41) is 6.65. The number of para-hydroxylation sites is 1. The molecular weight excluding hydrogens is 374 g/mol. The molecule has 6 nitrogen and oxygen atoms in total. The first kappa shape index (κ1) is 19.6. The first-order chi connectivity index (χ1) is 13.6. The third-order valence-electron chi connectivity index (χ3n) is 3.71. The van der Waals surface area contributed by atoms with E-state index < -0.39 is 0 Å². The van der Waals surface area contributed by atoms with Gasteiger partial charge in [-0.15, -0.1) is 11.3 Å². The number of nitrogens with one attached hydrogen (secondary N) is 1. The van der Waals surface area contributed by atoms with Crippen LogP contribution in [0.4, 0.5) is 5.13 Å². The van der Waals surface area contributed by atoms with Gasteiger partial charge in [0.05, 0.1) is 24.9 Å². The minimum Gasteiger partial charge on any atom is -0.466 e. The molecule has 1 aromatic heterocycles. The molecule has 0 bridgehead atoms. The number of hydrogen-bond donors (Lipinski definition) is 1. The Kier molecular flexibility index (Phi) is 6.75. The molecule has 1 heterocycles. The number of carbonyl (C=O) groups excluding carboxylic acids is 1. The highest BCUT2D eigenvalue weighted by atomic mass is 32.1. The van der Waals surface area contributed by atoms with Crippen molar-refractivity contribution in [3.8, 4) is 11.5 Å². The lowest BCUT2D eigenvalue weighted by atomic mass is 10.2. The van der Waals surface area contributed by atoms with E-state index in [1.807, 2.05) is 60.8 Å². The quantitative estimate of drug-likeness (QED) is 0.337. The summed E-state index contributed by atoms with van der Waals surface area (Å²) >= 11 is 1.38. The largest absolute Gasteiger partial charge is 0.466 e. The number of thiazole rings is 1. The van der Waals surface area contributed by atoms with Gasteiger partial charge in [0.2, 0.25) is 5.13 Å². The lowest BCUT2D eigenvalue weighted by Gasteiger charge is -2.08. The van der Waals surface area contributed by atoms with E-state index in [1.54, 1.807) is 13.1 Å². The molecule has 0 unspecified atom stereocenters. The zero-order valence-electron chi connectivity index (χ0n) is 15.7. The van der Waals surface area contributed by atoms with Crippen LogP contribution >= 0.6 is 11.3 Å². The van der Waals surface area contributed by atoms with E-state index in [-0.39, 0.29) is 12.4 Å². The first-order valence-corrected chi connectivity index (χ1v) is 9.74. The van der Waals surface area contributed by atoms with Crippen molar-refractivity contribution in [1.82, 2.24) is 4.98 Å². The van der Waals surface area contributed by atoms with Crippen molar-refractivity contribution in [3.05, 3.63) is 70.7 Å². The molecule has 28 heavy (non-hydrogen) atoms. The van der Waals surface area contributed by atoms with Crippen LogP contribution in [0.1, 0.15) is 23.7 Å². The van der Waals surface area contributed by atoms with Gasteiger partial charge >= 0.3 is 5.97 Å². The number of benzene rings is 2. The van der Waals surface area contributed by atoms with Crippen LogP contribution < -0.4 is 10.2 Å². The molecule has 0 aliphatic carbocycles. The van der Waals surface area contributed by atoms with Gasteiger partial charge in [0.1, 0.15) is 11.5 Å². The molecule has 2 aromatic carbocycles. The van der Waals surface area contributed by atoms with Crippen LogP contribution in [0.15, 0.2) is 59.0 Å². The Labute approximate surface area is 167 Å². The number of rotatable bonds is 8. The first-order valence-electron chi connectivity index (χ1n) is 8.86. The van der Waals surface area contributed by atoms with E-state index >= 15 is 0 Å². The normalized spacial score (nSPS) is 10.8. The van der Waals surface area contributed by atoms with E-state index in [2.05, 4.69) is 15.5 Å². The number of carbonyl (C=O) groups is 1. The van der Waals surface area contributed by atoms with Crippen LogP contribution in [0.5, 0.6) is 11.5 Å². The van der Waals surface area contributed by atoms with E-state index in [9.17, 15) is 4.79 Å². The third-order valence-corrected chi connectivity index (χ3v) is 4.51. The molecule has 0 amide bonds. The second-order valence-electron chi connectivity index (χ2n) is 5.95. The molecule has 0 aliphatic heterocycles. The van der Waals surface area contributed by atoms with Gasteiger partial charge in [-0.2, -0.15) is 5.10 Å². The fourth-order valence-electron chi connectivity index (χ4n) is 2.37. The number of anilines is 1. The fourth-order valence-corrected chi connectivity index (χ4v) is 3.03. The molecule has 144 valence electrons.